The number of hydrazone groups is 1. The molecule has 3 rings (SSSR count). The number of halogens is 10. The van der Waals surface area contributed by atoms with Gasteiger partial charge in [-0.3, -0.25) is 4.39 Å². The predicted molar refractivity (Wildman–Crippen MR) is 137 cm³/mol. The van der Waals surface area contributed by atoms with Crippen LogP contribution in [0.2, 0.25) is 5.02 Å². The van der Waals surface area contributed by atoms with Crippen LogP contribution in [-0.2, 0) is 25.4 Å². The summed E-state index contributed by atoms with van der Waals surface area (Å²) in [5, 5.41) is 14.3. The topological polar surface area (TPSA) is 73.9 Å². The number of nitrogens with one attached hydrogen (secondary N) is 1. The number of benzene rings is 3. The van der Waals surface area contributed by atoms with Crippen molar-refractivity contribution in [3.63, 3.8) is 0 Å². The zero-order valence-electron chi connectivity index (χ0n) is 21.4. The standard InChI is InChI=1S/C25H21ClF8N4O.CH3F/c1-36-37-23(35)38(11-13-6-16(24(29,30)31)9-17(7-13)25(32,33)34)12-15-8-14(22(27)28)2-4-19(15)20-10-18(26)3-5-21(20)39;1-2/h2-10,22,36,39H,11-12H2,1H3,(H2,35,37);1H3. The maximum Gasteiger partial charge on any atom is 0.416 e. The Balaban J connectivity index is 0.00000287. The number of hydrogen-bond acceptors (Lipinski definition) is 3. The number of nitrogens with zero attached hydrogens (tertiary/aromatic N) is 2. The van der Waals surface area contributed by atoms with Crippen LogP contribution in [-0.4, -0.2) is 30.2 Å². The van der Waals surface area contributed by atoms with Gasteiger partial charge in [0.15, 0.2) is 0 Å². The molecular weight excluding hydrogens is 591 g/mol. The van der Waals surface area contributed by atoms with Gasteiger partial charge in [0, 0.05) is 36.3 Å². The fraction of sp³-hybridized carbons (Fsp3) is 0.269. The monoisotopic (exact) mass is 614 g/mol. The zero-order chi connectivity index (χ0) is 31.1. The average Bonchev–Trinajstić information content (AvgIpc) is 2.90. The van der Waals surface area contributed by atoms with Crippen LogP contribution in [0.4, 0.5) is 39.5 Å². The fourth-order valence-electron chi connectivity index (χ4n) is 3.81. The number of phenols is 1. The Hall–Kier alpha value is -3.81. The fourth-order valence-corrected chi connectivity index (χ4v) is 3.98. The summed E-state index contributed by atoms with van der Waals surface area (Å²) < 4.78 is 117. The first-order chi connectivity index (χ1) is 19.1. The molecule has 3 aromatic rings. The molecule has 0 unspecified atom stereocenters. The van der Waals surface area contributed by atoms with Crippen molar-refractivity contribution in [3.05, 3.63) is 87.4 Å². The molecule has 0 spiro atoms. The van der Waals surface area contributed by atoms with Crippen LogP contribution in [0.1, 0.15) is 34.2 Å². The molecule has 0 bridgehead atoms. The Morgan fingerprint density at radius 1 is 0.902 bits per heavy atom. The Bertz CT molecular complexity index is 1330. The minimum Gasteiger partial charge on any atom is -0.507 e. The molecule has 0 atom stereocenters. The summed E-state index contributed by atoms with van der Waals surface area (Å²) in [5.41, 5.74) is 4.93. The number of hydrogen-bond donors (Lipinski definition) is 3. The van der Waals surface area contributed by atoms with Crippen molar-refractivity contribution in [2.45, 2.75) is 31.9 Å². The van der Waals surface area contributed by atoms with E-state index in [0.29, 0.717) is 19.3 Å². The van der Waals surface area contributed by atoms with E-state index in [4.69, 9.17) is 17.3 Å². The van der Waals surface area contributed by atoms with Crippen molar-refractivity contribution in [3.8, 4) is 16.9 Å². The molecule has 0 aliphatic rings. The van der Waals surface area contributed by atoms with Crippen molar-refractivity contribution in [1.82, 2.24) is 10.3 Å². The van der Waals surface area contributed by atoms with Crippen molar-refractivity contribution >= 4 is 17.6 Å². The lowest BCUT2D eigenvalue weighted by molar-refractivity contribution is -0.143. The largest absolute Gasteiger partial charge is 0.507 e. The molecule has 0 radical (unpaired) electrons. The van der Waals surface area contributed by atoms with Crippen molar-refractivity contribution in [2.24, 2.45) is 10.8 Å². The Labute approximate surface area is 234 Å². The highest BCUT2D eigenvalue weighted by molar-refractivity contribution is 6.31. The number of rotatable bonds is 7. The molecular formula is C26H24ClF9N4O. The second-order valence-corrected chi connectivity index (χ2v) is 8.78. The highest BCUT2D eigenvalue weighted by atomic mass is 35.5. The molecule has 0 saturated heterocycles. The Morgan fingerprint density at radius 3 is 2.00 bits per heavy atom. The van der Waals surface area contributed by atoms with Gasteiger partial charge in [-0.05, 0) is 59.2 Å². The molecule has 0 amide bonds. The SMILES string of the molecule is CF.CN/N=C(\N)N(Cc1cc(C(F)(F)F)cc(C(F)(F)F)c1)Cc1cc(C(F)F)ccc1-c1cc(Cl)ccc1O. The summed E-state index contributed by atoms with van der Waals surface area (Å²) in [6.07, 6.45) is -13.1. The quantitative estimate of drug-likeness (QED) is 0.110. The van der Waals surface area contributed by atoms with Gasteiger partial charge in [-0.15, -0.1) is 5.10 Å². The third kappa shape index (κ3) is 8.84. The van der Waals surface area contributed by atoms with Crippen LogP contribution in [0.25, 0.3) is 11.1 Å². The normalized spacial score (nSPS) is 12.2. The minimum atomic E-state index is -5.08. The van der Waals surface area contributed by atoms with E-state index < -0.39 is 54.1 Å². The Kier molecular flexibility index (Phi) is 11.2. The number of phenolic OH excluding ortho intramolecular Hbond substituents is 1. The Morgan fingerprint density at radius 2 is 1.49 bits per heavy atom. The first-order valence-electron chi connectivity index (χ1n) is 11.4. The first-order valence-corrected chi connectivity index (χ1v) is 11.8. The number of nitrogens with two attached hydrogens (primary N) is 1. The van der Waals surface area contributed by atoms with E-state index in [1.807, 2.05) is 0 Å². The lowest BCUT2D eigenvalue weighted by atomic mass is 9.96. The number of alkyl halides is 9. The van der Waals surface area contributed by atoms with E-state index in [-0.39, 0.29) is 39.5 Å². The summed E-state index contributed by atoms with van der Waals surface area (Å²) in [6, 6.07) is 8.59. The highest BCUT2D eigenvalue weighted by Gasteiger charge is 2.37. The van der Waals surface area contributed by atoms with Crippen LogP contribution in [0.5, 0.6) is 5.75 Å². The van der Waals surface area contributed by atoms with Gasteiger partial charge in [0.2, 0.25) is 5.96 Å². The molecule has 15 heteroatoms. The molecule has 4 N–H and O–H groups in total. The molecule has 0 aromatic heterocycles. The van der Waals surface area contributed by atoms with E-state index in [2.05, 4.69) is 10.5 Å². The van der Waals surface area contributed by atoms with E-state index in [1.165, 1.54) is 31.3 Å². The maximum absolute atomic E-state index is 13.5. The van der Waals surface area contributed by atoms with E-state index in [0.717, 1.165) is 17.0 Å². The van der Waals surface area contributed by atoms with Crippen molar-refractivity contribution < 1.29 is 44.6 Å². The summed E-state index contributed by atoms with van der Waals surface area (Å²) in [7, 11) is 1.85. The maximum atomic E-state index is 13.5. The highest BCUT2D eigenvalue weighted by Crippen LogP contribution is 2.38. The molecule has 224 valence electrons. The lowest BCUT2D eigenvalue weighted by Gasteiger charge is -2.26. The number of guanidine groups is 1. The second kappa shape index (κ2) is 13.7. The van der Waals surface area contributed by atoms with Gasteiger partial charge in [0.1, 0.15) is 5.75 Å². The summed E-state index contributed by atoms with van der Waals surface area (Å²) in [5.74, 6) is -0.603. The van der Waals surface area contributed by atoms with Crippen molar-refractivity contribution in [2.75, 3.05) is 14.2 Å². The zero-order valence-corrected chi connectivity index (χ0v) is 22.1. The summed E-state index contributed by atoms with van der Waals surface area (Å²) in [6.45, 7) is -1.000. The summed E-state index contributed by atoms with van der Waals surface area (Å²) >= 11 is 6.04. The second-order valence-electron chi connectivity index (χ2n) is 8.34. The van der Waals surface area contributed by atoms with Crippen LogP contribution >= 0.6 is 11.6 Å². The van der Waals surface area contributed by atoms with E-state index in [1.54, 1.807) is 0 Å². The van der Waals surface area contributed by atoms with Crippen LogP contribution in [0.3, 0.4) is 0 Å². The van der Waals surface area contributed by atoms with Gasteiger partial charge < -0.3 is 21.2 Å². The summed E-state index contributed by atoms with van der Waals surface area (Å²) in [4.78, 5) is 1.10. The van der Waals surface area contributed by atoms with E-state index >= 15 is 0 Å². The van der Waals surface area contributed by atoms with Gasteiger partial charge >= 0.3 is 12.4 Å². The van der Waals surface area contributed by atoms with Crippen LogP contribution < -0.4 is 11.2 Å². The molecule has 0 aliphatic heterocycles. The average molecular weight is 615 g/mol. The molecule has 5 nitrogen and oxygen atoms in total. The van der Waals surface area contributed by atoms with Crippen molar-refractivity contribution in [1.29, 1.82) is 0 Å². The van der Waals surface area contributed by atoms with Gasteiger partial charge in [-0.25, -0.2) is 8.78 Å². The smallest absolute Gasteiger partial charge is 0.416 e. The van der Waals surface area contributed by atoms with E-state index in [9.17, 15) is 44.6 Å². The first kappa shape index (κ1) is 33.4. The molecule has 41 heavy (non-hydrogen) atoms. The molecule has 0 fully saturated rings. The lowest BCUT2D eigenvalue weighted by Crippen LogP contribution is -2.38. The number of aromatic hydroxyl groups is 1. The van der Waals surface area contributed by atoms with Crippen LogP contribution in [0, 0.1) is 0 Å². The van der Waals surface area contributed by atoms with Crippen LogP contribution in [0.15, 0.2) is 59.7 Å². The third-order valence-electron chi connectivity index (χ3n) is 5.56. The molecule has 3 aromatic carbocycles. The van der Waals surface area contributed by atoms with Gasteiger partial charge in [0.05, 0.1) is 18.3 Å². The minimum absolute atomic E-state index is 0.00891. The van der Waals surface area contributed by atoms with Gasteiger partial charge in [-0.2, -0.15) is 26.3 Å². The van der Waals surface area contributed by atoms with Gasteiger partial charge in [0.25, 0.3) is 6.43 Å². The van der Waals surface area contributed by atoms with Gasteiger partial charge in [-0.1, -0.05) is 23.7 Å². The third-order valence-corrected chi connectivity index (χ3v) is 5.80. The molecule has 0 aliphatic carbocycles. The molecule has 0 saturated carbocycles. The predicted octanol–water partition coefficient (Wildman–Crippen LogP) is 7.72. The molecule has 0 heterocycles.